The van der Waals surface area contributed by atoms with Gasteiger partial charge in [0.1, 0.15) is 11.5 Å². The smallest absolute Gasteiger partial charge is 0.138 e. The van der Waals surface area contributed by atoms with Crippen LogP contribution in [0.15, 0.2) is 235 Å². The van der Waals surface area contributed by atoms with Crippen molar-refractivity contribution in [3.8, 4) is 33.8 Å². The van der Waals surface area contributed by atoms with Gasteiger partial charge in [-0.25, -0.2) is 0 Å². The Hall–Kier alpha value is -7.53. The van der Waals surface area contributed by atoms with Crippen molar-refractivity contribution in [2.45, 2.75) is 16.1 Å². The van der Waals surface area contributed by atoms with E-state index in [2.05, 4.69) is 240 Å². The molecule has 9 aromatic rings. The van der Waals surface area contributed by atoms with Gasteiger partial charge in [-0.15, -0.1) is 11.8 Å². The van der Waals surface area contributed by atoms with E-state index in [1.165, 1.54) is 32.7 Å². The summed E-state index contributed by atoms with van der Waals surface area (Å²) in [6, 6.07) is 76.3. The fourth-order valence-corrected chi connectivity index (χ4v) is 11.1. The first-order valence-corrected chi connectivity index (χ1v) is 22.1. The number of nitrogens with zero attached hydrogens (tertiary/aromatic N) is 2. The van der Waals surface area contributed by atoms with Crippen LogP contribution >= 0.6 is 11.8 Å². The minimum atomic E-state index is 0.362. The summed E-state index contributed by atoms with van der Waals surface area (Å²) in [6.07, 6.45) is 6.91. The minimum absolute atomic E-state index is 0.362. The predicted octanol–water partition coefficient (Wildman–Crippen LogP) is 16.4. The SMILES string of the molecule is C1=CC2c3ccccc3SC2C(c2ccc(N(c3ccc(-c4ccccc4)cc3)c3cc4c5c(cccc5c3)-c3c(cccc3N(c3ccccc3)c3ccccc3)O4)cc2)=C1. The van der Waals surface area contributed by atoms with E-state index in [0.29, 0.717) is 11.2 Å². The number of rotatable bonds is 8. The fraction of sp³-hybridized carbons (Fsp3) is 0.0345. The monoisotopic (exact) mass is 812 g/mol. The molecule has 0 fully saturated rings. The van der Waals surface area contributed by atoms with Crippen LogP contribution in [0.25, 0.3) is 38.6 Å². The molecular formula is C58H40N2OS. The Labute approximate surface area is 366 Å². The van der Waals surface area contributed by atoms with Crippen LogP contribution in [0, 0.1) is 0 Å². The fourth-order valence-electron chi connectivity index (χ4n) is 9.57. The molecule has 3 aliphatic rings. The molecule has 0 saturated carbocycles. The van der Waals surface area contributed by atoms with E-state index in [9.17, 15) is 0 Å². The molecule has 0 aromatic heterocycles. The molecule has 0 amide bonds. The topological polar surface area (TPSA) is 15.7 Å². The van der Waals surface area contributed by atoms with Gasteiger partial charge in [0.25, 0.3) is 0 Å². The number of ether oxygens (including phenoxy) is 1. The molecule has 2 atom stereocenters. The Kier molecular flexibility index (Phi) is 8.90. The number of para-hydroxylation sites is 2. The summed E-state index contributed by atoms with van der Waals surface area (Å²) in [5.74, 6) is 2.06. The van der Waals surface area contributed by atoms with Gasteiger partial charge in [0.2, 0.25) is 0 Å². The summed E-state index contributed by atoms with van der Waals surface area (Å²) in [6.45, 7) is 0. The minimum Gasteiger partial charge on any atom is -0.456 e. The summed E-state index contributed by atoms with van der Waals surface area (Å²) < 4.78 is 7.05. The molecule has 9 aromatic carbocycles. The van der Waals surface area contributed by atoms with E-state index in [1.54, 1.807) is 0 Å². The molecule has 12 rings (SSSR count). The van der Waals surface area contributed by atoms with Crippen LogP contribution < -0.4 is 14.5 Å². The van der Waals surface area contributed by atoms with Gasteiger partial charge in [-0.2, -0.15) is 0 Å². The third-order valence-corrected chi connectivity index (χ3v) is 13.8. The van der Waals surface area contributed by atoms with Gasteiger partial charge in [0, 0.05) is 55.8 Å². The molecule has 1 aliphatic carbocycles. The molecule has 2 aliphatic heterocycles. The number of hydrogen-bond acceptors (Lipinski definition) is 4. The summed E-state index contributed by atoms with van der Waals surface area (Å²) in [5.41, 5.74) is 15.1. The molecule has 3 nitrogen and oxygen atoms in total. The maximum atomic E-state index is 7.05. The molecule has 0 bridgehead atoms. The highest BCUT2D eigenvalue weighted by Crippen LogP contribution is 2.55. The first kappa shape index (κ1) is 36.3. The first-order chi connectivity index (χ1) is 30.7. The quantitative estimate of drug-likeness (QED) is 0.152. The largest absolute Gasteiger partial charge is 0.456 e. The summed E-state index contributed by atoms with van der Waals surface area (Å²) in [7, 11) is 0. The maximum Gasteiger partial charge on any atom is 0.138 e. The van der Waals surface area contributed by atoms with E-state index < -0.39 is 0 Å². The highest BCUT2D eigenvalue weighted by molar-refractivity contribution is 8.00. The van der Waals surface area contributed by atoms with Crippen molar-refractivity contribution in [1.82, 2.24) is 0 Å². The Morgan fingerprint density at radius 2 is 1.06 bits per heavy atom. The third kappa shape index (κ3) is 6.22. The van der Waals surface area contributed by atoms with Crippen molar-refractivity contribution in [3.63, 3.8) is 0 Å². The normalized spacial score (nSPS) is 15.5. The summed E-state index contributed by atoms with van der Waals surface area (Å²) in [4.78, 5) is 6.08. The van der Waals surface area contributed by atoms with Crippen LogP contribution in [0.2, 0.25) is 0 Å². The van der Waals surface area contributed by atoms with E-state index in [-0.39, 0.29) is 0 Å². The second kappa shape index (κ2) is 15.2. The average Bonchev–Trinajstić information content (AvgIpc) is 3.72. The highest BCUT2D eigenvalue weighted by Gasteiger charge is 2.36. The molecule has 0 radical (unpaired) electrons. The van der Waals surface area contributed by atoms with Gasteiger partial charge in [-0.05, 0) is 112 Å². The van der Waals surface area contributed by atoms with Crippen LogP contribution in [0.4, 0.5) is 34.1 Å². The van der Waals surface area contributed by atoms with Gasteiger partial charge < -0.3 is 14.5 Å². The van der Waals surface area contributed by atoms with Crippen LogP contribution in [0.5, 0.6) is 11.5 Å². The number of hydrogen-bond donors (Lipinski definition) is 0. The second-order valence-electron chi connectivity index (χ2n) is 16.0. The lowest BCUT2D eigenvalue weighted by Gasteiger charge is -2.32. The van der Waals surface area contributed by atoms with Gasteiger partial charge in [0.05, 0.1) is 11.4 Å². The Balaban J connectivity index is 0.972. The number of anilines is 6. The lowest BCUT2D eigenvalue weighted by atomic mass is 9.85. The number of thioether (sulfide) groups is 1. The Morgan fingerprint density at radius 3 is 1.79 bits per heavy atom. The van der Waals surface area contributed by atoms with E-state index in [4.69, 9.17) is 4.74 Å². The van der Waals surface area contributed by atoms with Gasteiger partial charge in [-0.1, -0.05) is 152 Å². The first-order valence-electron chi connectivity index (χ1n) is 21.2. The molecule has 0 N–H and O–H groups in total. The predicted molar refractivity (Wildman–Crippen MR) is 260 cm³/mol. The number of allylic oxidation sites excluding steroid dienone is 3. The zero-order valence-electron chi connectivity index (χ0n) is 33.8. The average molecular weight is 813 g/mol. The molecule has 0 spiro atoms. The lowest BCUT2D eigenvalue weighted by Crippen LogP contribution is -2.14. The van der Waals surface area contributed by atoms with Crippen molar-refractivity contribution in [2.75, 3.05) is 9.80 Å². The van der Waals surface area contributed by atoms with Gasteiger partial charge >= 0.3 is 0 Å². The van der Waals surface area contributed by atoms with E-state index in [1.807, 2.05) is 11.8 Å². The Bertz CT molecular complexity index is 3140. The molecule has 0 saturated heterocycles. The molecule has 62 heavy (non-hydrogen) atoms. The molecular weight excluding hydrogens is 773 g/mol. The van der Waals surface area contributed by atoms with Crippen LogP contribution in [0.3, 0.4) is 0 Å². The van der Waals surface area contributed by atoms with Gasteiger partial charge in [-0.3, -0.25) is 0 Å². The summed E-state index contributed by atoms with van der Waals surface area (Å²) in [5, 5.41) is 2.58. The second-order valence-corrected chi connectivity index (χ2v) is 17.2. The number of fused-ring (bicyclic) bond motifs is 5. The lowest BCUT2D eigenvalue weighted by molar-refractivity contribution is 0.487. The van der Waals surface area contributed by atoms with E-state index in [0.717, 1.165) is 67.5 Å². The number of benzene rings is 9. The van der Waals surface area contributed by atoms with Crippen molar-refractivity contribution in [3.05, 3.63) is 242 Å². The van der Waals surface area contributed by atoms with Crippen molar-refractivity contribution >= 4 is 62.2 Å². The van der Waals surface area contributed by atoms with E-state index >= 15 is 0 Å². The van der Waals surface area contributed by atoms with Crippen LogP contribution in [0.1, 0.15) is 17.0 Å². The standard InChI is InChI=1S/C58H40N2OS/c1-4-15-39(16-5-1)40-29-33-45(34-30-40)59(46-35-31-41(32-36-46)48-23-13-24-50-49-22-10-11-28-55(49)62-58(48)50)47-37-42-17-12-25-51-56(42)54(38-47)61-53-27-14-26-52(57(51)53)60(43-18-6-2-7-19-43)44-20-8-3-9-21-44/h1-38,50,58H. The van der Waals surface area contributed by atoms with Crippen molar-refractivity contribution in [2.24, 2.45) is 0 Å². The van der Waals surface area contributed by atoms with Crippen molar-refractivity contribution in [1.29, 1.82) is 0 Å². The summed E-state index contributed by atoms with van der Waals surface area (Å²) >= 11 is 1.99. The zero-order chi connectivity index (χ0) is 41.0. The molecule has 4 heteroatoms. The maximum absolute atomic E-state index is 7.05. The van der Waals surface area contributed by atoms with Crippen LogP contribution in [-0.4, -0.2) is 5.25 Å². The molecule has 2 heterocycles. The Morgan fingerprint density at radius 1 is 0.452 bits per heavy atom. The molecule has 294 valence electrons. The van der Waals surface area contributed by atoms with Crippen LogP contribution in [-0.2, 0) is 0 Å². The zero-order valence-corrected chi connectivity index (χ0v) is 34.6. The molecule has 2 unspecified atom stereocenters. The third-order valence-electron chi connectivity index (χ3n) is 12.4. The highest BCUT2D eigenvalue weighted by atomic mass is 32.2. The van der Waals surface area contributed by atoms with Gasteiger partial charge in [0.15, 0.2) is 0 Å². The van der Waals surface area contributed by atoms with Crippen molar-refractivity contribution < 1.29 is 4.74 Å².